The van der Waals surface area contributed by atoms with Crippen LogP contribution in [0.15, 0.2) is 48.5 Å². The van der Waals surface area contributed by atoms with Crippen molar-refractivity contribution in [2.75, 3.05) is 0 Å². The number of halogens is 1. The number of hydrogen-bond donors (Lipinski definition) is 1. The Labute approximate surface area is 131 Å². The van der Waals surface area contributed by atoms with Gasteiger partial charge in [-0.1, -0.05) is 56.6 Å². The van der Waals surface area contributed by atoms with Gasteiger partial charge in [-0.05, 0) is 40.8 Å². The average Bonchev–Trinajstić information content (AvgIpc) is 2.44. The van der Waals surface area contributed by atoms with Crippen molar-refractivity contribution < 1.29 is 4.79 Å². The van der Waals surface area contributed by atoms with Gasteiger partial charge in [0.1, 0.15) is 0 Å². The fourth-order valence-corrected chi connectivity index (χ4v) is 2.27. The van der Waals surface area contributed by atoms with Gasteiger partial charge in [-0.2, -0.15) is 0 Å². The third-order valence-electron chi connectivity index (χ3n) is 3.36. The van der Waals surface area contributed by atoms with Crippen LogP contribution in [-0.4, -0.2) is 5.91 Å². The van der Waals surface area contributed by atoms with Crippen LogP contribution in [0, 0.1) is 0 Å². The van der Waals surface area contributed by atoms with E-state index in [0.717, 1.165) is 5.56 Å². The molecule has 2 rings (SSSR count). The Bertz CT molecular complexity index is 626. The largest absolute Gasteiger partial charge is 0.348 e. The third kappa shape index (κ3) is 4.33. The van der Waals surface area contributed by atoms with E-state index in [1.165, 1.54) is 5.56 Å². The van der Waals surface area contributed by atoms with Crippen molar-refractivity contribution in [3.05, 3.63) is 70.2 Å². The molecule has 21 heavy (non-hydrogen) atoms. The quantitative estimate of drug-likeness (QED) is 0.884. The van der Waals surface area contributed by atoms with E-state index in [9.17, 15) is 4.79 Å². The van der Waals surface area contributed by atoms with Crippen LogP contribution in [-0.2, 0) is 12.0 Å². The standard InChI is InChI=1S/C18H20ClNO/c1-18(2,3)15-9-7-14(8-10-15)17(21)20-12-13-5-4-6-16(19)11-13/h4-11H,12H2,1-3H3,(H,20,21). The Morgan fingerprint density at radius 1 is 1.10 bits per heavy atom. The third-order valence-corrected chi connectivity index (χ3v) is 3.59. The van der Waals surface area contributed by atoms with Gasteiger partial charge in [0, 0.05) is 17.1 Å². The fraction of sp³-hybridized carbons (Fsp3) is 0.278. The first-order chi connectivity index (χ1) is 9.86. The van der Waals surface area contributed by atoms with Gasteiger partial charge in [-0.25, -0.2) is 0 Å². The Morgan fingerprint density at radius 3 is 2.33 bits per heavy atom. The van der Waals surface area contributed by atoms with E-state index in [0.29, 0.717) is 17.1 Å². The average molecular weight is 302 g/mol. The maximum Gasteiger partial charge on any atom is 0.251 e. The van der Waals surface area contributed by atoms with Gasteiger partial charge in [-0.3, -0.25) is 4.79 Å². The second-order valence-corrected chi connectivity index (χ2v) is 6.58. The molecule has 0 aliphatic carbocycles. The minimum atomic E-state index is -0.0737. The summed E-state index contributed by atoms with van der Waals surface area (Å²) in [5.74, 6) is -0.0737. The molecule has 0 bridgehead atoms. The minimum absolute atomic E-state index is 0.0737. The zero-order valence-electron chi connectivity index (χ0n) is 12.6. The lowest BCUT2D eigenvalue weighted by Crippen LogP contribution is -2.23. The monoisotopic (exact) mass is 301 g/mol. The fourth-order valence-electron chi connectivity index (χ4n) is 2.05. The lowest BCUT2D eigenvalue weighted by molar-refractivity contribution is 0.0951. The molecule has 0 saturated heterocycles. The van der Waals surface area contributed by atoms with Crippen molar-refractivity contribution in [3.8, 4) is 0 Å². The molecule has 0 aliphatic heterocycles. The second-order valence-electron chi connectivity index (χ2n) is 6.14. The maximum absolute atomic E-state index is 12.1. The zero-order valence-corrected chi connectivity index (χ0v) is 13.4. The van der Waals surface area contributed by atoms with Crippen molar-refractivity contribution in [2.24, 2.45) is 0 Å². The highest BCUT2D eigenvalue weighted by atomic mass is 35.5. The molecule has 0 radical (unpaired) electrons. The van der Waals surface area contributed by atoms with Crippen LogP contribution in [0.2, 0.25) is 5.02 Å². The van der Waals surface area contributed by atoms with E-state index in [2.05, 4.69) is 26.1 Å². The van der Waals surface area contributed by atoms with Crippen molar-refractivity contribution in [1.29, 1.82) is 0 Å². The van der Waals surface area contributed by atoms with E-state index in [4.69, 9.17) is 11.6 Å². The van der Waals surface area contributed by atoms with Crippen LogP contribution in [0.25, 0.3) is 0 Å². The summed E-state index contributed by atoms with van der Waals surface area (Å²) in [7, 11) is 0. The molecule has 3 heteroatoms. The molecule has 0 unspecified atom stereocenters. The number of amides is 1. The Hall–Kier alpha value is -1.80. The van der Waals surface area contributed by atoms with Gasteiger partial charge in [0.2, 0.25) is 0 Å². The molecule has 0 atom stereocenters. The predicted molar refractivity (Wildman–Crippen MR) is 87.8 cm³/mol. The Kier molecular flexibility index (Phi) is 4.69. The number of carbonyl (C=O) groups excluding carboxylic acids is 1. The van der Waals surface area contributed by atoms with E-state index in [1.807, 2.05) is 48.5 Å². The number of benzene rings is 2. The summed E-state index contributed by atoms with van der Waals surface area (Å²) in [5.41, 5.74) is 2.97. The highest BCUT2D eigenvalue weighted by Crippen LogP contribution is 2.22. The first kappa shape index (κ1) is 15.6. The Morgan fingerprint density at radius 2 is 1.76 bits per heavy atom. The highest BCUT2D eigenvalue weighted by molar-refractivity contribution is 6.30. The van der Waals surface area contributed by atoms with Gasteiger partial charge in [0.15, 0.2) is 0 Å². The summed E-state index contributed by atoms with van der Waals surface area (Å²) in [6.45, 7) is 6.93. The highest BCUT2D eigenvalue weighted by Gasteiger charge is 2.14. The van der Waals surface area contributed by atoms with Gasteiger partial charge in [0.25, 0.3) is 5.91 Å². The predicted octanol–water partition coefficient (Wildman–Crippen LogP) is 4.57. The minimum Gasteiger partial charge on any atom is -0.348 e. The van der Waals surface area contributed by atoms with Crippen LogP contribution in [0.5, 0.6) is 0 Å². The van der Waals surface area contributed by atoms with Crippen LogP contribution >= 0.6 is 11.6 Å². The van der Waals surface area contributed by atoms with Gasteiger partial charge in [0.05, 0.1) is 0 Å². The molecule has 2 aromatic rings. The van der Waals surface area contributed by atoms with Gasteiger partial charge >= 0.3 is 0 Å². The van der Waals surface area contributed by atoms with Gasteiger partial charge < -0.3 is 5.32 Å². The molecule has 110 valence electrons. The number of rotatable bonds is 3. The van der Waals surface area contributed by atoms with E-state index < -0.39 is 0 Å². The molecule has 0 heterocycles. The molecular formula is C18H20ClNO. The van der Waals surface area contributed by atoms with Crippen molar-refractivity contribution >= 4 is 17.5 Å². The van der Waals surface area contributed by atoms with Crippen molar-refractivity contribution in [1.82, 2.24) is 5.32 Å². The lowest BCUT2D eigenvalue weighted by atomic mass is 9.87. The summed E-state index contributed by atoms with van der Waals surface area (Å²) in [5, 5.41) is 3.58. The van der Waals surface area contributed by atoms with Crippen LogP contribution in [0.1, 0.15) is 42.3 Å². The topological polar surface area (TPSA) is 29.1 Å². The molecule has 1 amide bonds. The summed E-state index contributed by atoms with van der Waals surface area (Å²) in [6.07, 6.45) is 0. The summed E-state index contributed by atoms with van der Waals surface area (Å²) in [6, 6.07) is 15.2. The Balaban J connectivity index is 2.00. The van der Waals surface area contributed by atoms with E-state index in [-0.39, 0.29) is 11.3 Å². The van der Waals surface area contributed by atoms with Gasteiger partial charge in [-0.15, -0.1) is 0 Å². The van der Waals surface area contributed by atoms with Crippen LogP contribution in [0.3, 0.4) is 0 Å². The number of carbonyl (C=O) groups is 1. The smallest absolute Gasteiger partial charge is 0.251 e. The molecule has 0 spiro atoms. The van der Waals surface area contributed by atoms with Crippen molar-refractivity contribution in [3.63, 3.8) is 0 Å². The number of hydrogen-bond acceptors (Lipinski definition) is 1. The normalized spacial score (nSPS) is 11.2. The maximum atomic E-state index is 12.1. The molecule has 0 fully saturated rings. The van der Waals surface area contributed by atoms with Crippen molar-refractivity contribution in [2.45, 2.75) is 32.7 Å². The lowest BCUT2D eigenvalue weighted by Gasteiger charge is -2.19. The molecule has 0 saturated carbocycles. The molecule has 2 aromatic carbocycles. The molecule has 1 N–H and O–H groups in total. The number of nitrogens with one attached hydrogen (secondary N) is 1. The second kappa shape index (κ2) is 6.31. The first-order valence-electron chi connectivity index (χ1n) is 6.99. The van der Waals surface area contributed by atoms with Crippen LogP contribution in [0.4, 0.5) is 0 Å². The molecular weight excluding hydrogens is 282 g/mol. The molecule has 0 aliphatic rings. The summed E-state index contributed by atoms with van der Waals surface area (Å²) < 4.78 is 0. The van der Waals surface area contributed by atoms with Crippen LogP contribution < -0.4 is 5.32 Å². The summed E-state index contributed by atoms with van der Waals surface area (Å²) in [4.78, 5) is 12.1. The summed E-state index contributed by atoms with van der Waals surface area (Å²) >= 11 is 5.92. The SMILES string of the molecule is CC(C)(C)c1ccc(C(=O)NCc2cccc(Cl)c2)cc1. The molecule has 0 aromatic heterocycles. The molecule has 2 nitrogen and oxygen atoms in total. The van der Waals surface area contributed by atoms with E-state index in [1.54, 1.807) is 0 Å². The van der Waals surface area contributed by atoms with E-state index >= 15 is 0 Å². The first-order valence-corrected chi connectivity index (χ1v) is 7.37. The zero-order chi connectivity index (χ0) is 15.5.